The number of aliphatic hydroxyl groups is 1. The Morgan fingerprint density at radius 2 is 1.85 bits per heavy atom. The Morgan fingerprint density at radius 1 is 1.23 bits per heavy atom. The highest BCUT2D eigenvalue weighted by Crippen LogP contribution is 2.59. The highest BCUT2D eigenvalue weighted by Gasteiger charge is 2.54. The normalized spacial score (nSPS) is 54.5. The Labute approximate surface area is 80.5 Å². The maximum Gasteiger partial charge on any atom is 0.0656 e. The van der Waals surface area contributed by atoms with Crippen molar-refractivity contribution in [2.75, 3.05) is 0 Å². The van der Waals surface area contributed by atoms with Crippen LogP contribution in [-0.4, -0.2) is 10.7 Å². The molecular formula is C12H19O. The van der Waals surface area contributed by atoms with Crippen molar-refractivity contribution in [1.29, 1.82) is 0 Å². The van der Waals surface area contributed by atoms with Crippen molar-refractivity contribution in [3.8, 4) is 0 Å². The molecule has 4 fully saturated rings. The summed E-state index contributed by atoms with van der Waals surface area (Å²) in [5.41, 5.74) is -0.241. The molecule has 4 aliphatic carbocycles. The van der Waals surface area contributed by atoms with Gasteiger partial charge in [-0.05, 0) is 62.2 Å². The molecule has 0 aromatic rings. The first-order valence-electron chi connectivity index (χ1n) is 5.78. The minimum Gasteiger partial charge on any atom is -0.390 e. The molecule has 0 saturated heterocycles. The van der Waals surface area contributed by atoms with Crippen LogP contribution < -0.4 is 0 Å². The summed E-state index contributed by atoms with van der Waals surface area (Å²) in [4.78, 5) is 0. The van der Waals surface area contributed by atoms with E-state index in [9.17, 15) is 5.11 Å². The third-order valence-corrected chi connectivity index (χ3v) is 4.61. The lowest BCUT2D eigenvalue weighted by molar-refractivity contribution is -0.114. The molecule has 0 aliphatic heterocycles. The molecule has 2 unspecified atom stereocenters. The molecule has 1 radical (unpaired) electrons. The smallest absolute Gasteiger partial charge is 0.0656 e. The number of hydrogen-bond donors (Lipinski definition) is 1. The first kappa shape index (κ1) is 8.28. The zero-order valence-corrected chi connectivity index (χ0v) is 8.42. The van der Waals surface area contributed by atoms with Crippen LogP contribution in [0.1, 0.15) is 45.4 Å². The molecule has 0 aromatic carbocycles. The number of rotatable bonds is 1. The van der Waals surface area contributed by atoms with Crippen LogP contribution in [0, 0.1) is 23.7 Å². The molecule has 1 nitrogen and oxygen atoms in total. The third kappa shape index (κ3) is 1.09. The van der Waals surface area contributed by atoms with E-state index in [0.717, 1.165) is 37.0 Å². The standard InChI is InChI=1S/C12H19O/c1-2-11-9-3-8-4-10(11)7-12(13,5-8)6-9/h8-10,13H,2-7H2,1H3. The molecule has 4 rings (SSSR count). The van der Waals surface area contributed by atoms with Crippen LogP contribution in [0.25, 0.3) is 0 Å². The lowest BCUT2D eigenvalue weighted by Crippen LogP contribution is -2.53. The summed E-state index contributed by atoms with van der Waals surface area (Å²) in [5, 5.41) is 10.3. The van der Waals surface area contributed by atoms with Crippen LogP contribution in [0.15, 0.2) is 0 Å². The van der Waals surface area contributed by atoms with E-state index in [4.69, 9.17) is 0 Å². The molecule has 0 aromatic heterocycles. The van der Waals surface area contributed by atoms with E-state index in [1.807, 2.05) is 0 Å². The fourth-order valence-corrected chi connectivity index (χ4v) is 4.41. The van der Waals surface area contributed by atoms with Crippen molar-refractivity contribution in [3.05, 3.63) is 5.92 Å². The molecule has 73 valence electrons. The maximum atomic E-state index is 10.3. The molecule has 2 atom stereocenters. The highest BCUT2D eigenvalue weighted by atomic mass is 16.3. The maximum absolute atomic E-state index is 10.3. The molecule has 1 N–H and O–H groups in total. The van der Waals surface area contributed by atoms with Gasteiger partial charge in [-0.1, -0.05) is 6.92 Å². The summed E-state index contributed by atoms with van der Waals surface area (Å²) in [6.45, 7) is 2.29. The van der Waals surface area contributed by atoms with Gasteiger partial charge in [0.15, 0.2) is 0 Å². The molecule has 4 saturated carbocycles. The summed E-state index contributed by atoms with van der Waals surface area (Å²) in [6, 6.07) is 0. The third-order valence-electron chi connectivity index (χ3n) is 4.61. The fourth-order valence-electron chi connectivity index (χ4n) is 4.41. The van der Waals surface area contributed by atoms with Crippen molar-refractivity contribution in [3.63, 3.8) is 0 Å². The first-order valence-corrected chi connectivity index (χ1v) is 5.78. The van der Waals surface area contributed by atoms with Crippen LogP contribution >= 0.6 is 0 Å². The van der Waals surface area contributed by atoms with Gasteiger partial charge in [0, 0.05) is 0 Å². The minimum absolute atomic E-state index is 0.241. The van der Waals surface area contributed by atoms with Crippen molar-refractivity contribution in [2.45, 2.75) is 51.0 Å². The van der Waals surface area contributed by atoms with Gasteiger partial charge >= 0.3 is 0 Å². The van der Waals surface area contributed by atoms with Crippen molar-refractivity contribution in [1.82, 2.24) is 0 Å². The highest BCUT2D eigenvalue weighted by molar-refractivity contribution is 5.17. The van der Waals surface area contributed by atoms with Crippen molar-refractivity contribution < 1.29 is 5.11 Å². The van der Waals surface area contributed by atoms with Crippen molar-refractivity contribution >= 4 is 0 Å². The van der Waals surface area contributed by atoms with Gasteiger partial charge in [0.05, 0.1) is 5.60 Å². The largest absolute Gasteiger partial charge is 0.390 e. The monoisotopic (exact) mass is 179 g/mol. The predicted octanol–water partition coefficient (Wildman–Crippen LogP) is 2.54. The molecule has 13 heavy (non-hydrogen) atoms. The van der Waals surface area contributed by atoms with Gasteiger partial charge in [0.1, 0.15) is 0 Å². The van der Waals surface area contributed by atoms with Gasteiger partial charge in [-0.2, -0.15) is 0 Å². The Morgan fingerprint density at radius 3 is 2.31 bits per heavy atom. The topological polar surface area (TPSA) is 20.2 Å². The van der Waals surface area contributed by atoms with E-state index < -0.39 is 0 Å². The Balaban J connectivity index is 1.90. The van der Waals surface area contributed by atoms with Gasteiger partial charge in [-0.15, -0.1) is 0 Å². The van der Waals surface area contributed by atoms with Gasteiger partial charge in [-0.25, -0.2) is 0 Å². The molecule has 4 aliphatic rings. The first-order chi connectivity index (χ1) is 6.20. The quantitative estimate of drug-likeness (QED) is 0.656. The number of hydrogen-bond acceptors (Lipinski definition) is 1. The Bertz CT molecular complexity index is 207. The van der Waals surface area contributed by atoms with E-state index in [0.29, 0.717) is 0 Å². The van der Waals surface area contributed by atoms with E-state index in [1.54, 1.807) is 5.92 Å². The molecule has 1 heteroatoms. The van der Waals surface area contributed by atoms with E-state index in [2.05, 4.69) is 6.92 Å². The van der Waals surface area contributed by atoms with Gasteiger partial charge in [0.2, 0.25) is 0 Å². The Kier molecular flexibility index (Phi) is 1.59. The molecule has 0 amide bonds. The second-order valence-corrected chi connectivity index (χ2v) is 5.50. The van der Waals surface area contributed by atoms with Gasteiger partial charge in [0.25, 0.3) is 0 Å². The van der Waals surface area contributed by atoms with Gasteiger partial charge in [-0.3, -0.25) is 0 Å². The van der Waals surface area contributed by atoms with Crippen molar-refractivity contribution in [2.24, 2.45) is 17.8 Å². The lowest BCUT2D eigenvalue weighted by Gasteiger charge is -2.57. The van der Waals surface area contributed by atoms with Gasteiger partial charge < -0.3 is 5.11 Å². The fraction of sp³-hybridized carbons (Fsp3) is 0.917. The average Bonchev–Trinajstić information content (AvgIpc) is 2.00. The lowest BCUT2D eigenvalue weighted by atomic mass is 9.50. The summed E-state index contributed by atoms with van der Waals surface area (Å²) < 4.78 is 0. The second kappa shape index (κ2) is 2.50. The second-order valence-electron chi connectivity index (χ2n) is 5.50. The SMILES string of the molecule is CC[C]1C2CC3CC1CC(O)(C3)C2. The summed E-state index contributed by atoms with van der Waals surface area (Å²) >= 11 is 0. The average molecular weight is 179 g/mol. The van der Waals surface area contributed by atoms with E-state index in [1.165, 1.54) is 19.3 Å². The Hall–Kier alpha value is -0.0400. The minimum atomic E-state index is -0.241. The summed E-state index contributed by atoms with van der Waals surface area (Å²) in [6.07, 6.45) is 7.32. The molecule has 4 bridgehead atoms. The zero-order valence-electron chi connectivity index (χ0n) is 8.42. The molecule has 0 spiro atoms. The predicted molar refractivity (Wildman–Crippen MR) is 52.0 cm³/mol. The summed E-state index contributed by atoms with van der Waals surface area (Å²) in [7, 11) is 0. The van der Waals surface area contributed by atoms with Crippen LogP contribution in [0.3, 0.4) is 0 Å². The van der Waals surface area contributed by atoms with E-state index >= 15 is 0 Å². The molecule has 0 heterocycles. The van der Waals surface area contributed by atoms with Crippen LogP contribution in [0.4, 0.5) is 0 Å². The summed E-state index contributed by atoms with van der Waals surface area (Å²) in [5.74, 6) is 4.24. The molecular weight excluding hydrogens is 160 g/mol. The van der Waals surface area contributed by atoms with E-state index in [-0.39, 0.29) is 5.60 Å². The van der Waals surface area contributed by atoms with Crippen LogP contribution in [0.2, 0.25) is 0 Å². The van der Waals surface area contributed by atoms with Crippen LogP contribution in [0.5, 0.6) is 0 Å². The zero-order chi connectivity index (χ0) is 9.05. The van der Waals surface area contributed by atoms with Crippen LogP contribution in [-0.2, 0) is 0 Å².